The van der Waals surface area contributed by atoms with E-state index in [0.29, 0.717) is 38.5 Å². The Morgan fingerprint density at radius 1 is 0.930 bits per heavy atom. The molecule has 4 rings (SSSR count). The smallest absolute Gasteiger partial charge is 0.460 e. The molecule has 1 aromatic carbocycles. The first-order valence-corrected chi connectivity index (χ1v) is 14.8. The fraction of sp³-hybridized carbons (Fsp3) is 0.800. The van der Waals surface area contributed by atoms with Crippen LogP contribution in [0.5, 0.6) is 5.75 Å². The van der Waals surface area contributed by atoms with Crippen LogP contribution in [-0.2, 0) is 6.42 Å². The van der Waals surface area contributed by atoms with E-state index in [-0.39, 0.29) is 42.4 Å². The van der Waals surface area contributed by atoms with Crippen LogP contribution in [-0.4, -0.2) is 71.5 Å². The quantitative estimate of drug-likeness (QED) is 0.191. The molecule has 2 saturated carbocycles. The van der Waals surface area contributed by atoms with Gasteiger partial charge in [0, 0.05) is 18.9 Å². The van der Waals surface area contributed by atoms with Gasteiger partial charge in [-0.3, -0.25) is 0 Å². The van der Waals surface area contributed by atoms with Crippen molar-refractivity contribution in [3.63, 3.8) is 0 Å². The Labute approximate surface area is 244 Å². The van der Waals surface area contributed by atoms with Gasteiger partial charge in [-0.25, -0.2) is 4.39 Å². The molecule has 3 aliphatic carbocycles. The van der Waals surface area contributed by atoms with Crippen molar-refractivity contribution in [2.75, 3.05) is 20.1 Å². The molecule has 0 bridgehead atoms. The van der Waals surface area contributed by atoms with Gasteiger partial charge in [0.2, 0.25) is 0 Å². The van der Waals surface area contributed by atoms with Gasteiger partial charge in [0.15, 0.2) is 0 Å². The van der Waals surface area contributed by atoms with E-state index in [0.717, 1.165) is 17.5 Å². The van der Waals surface area contributed by atoms with Crippen LogP contribution >= 0.6 is 0 Å². The number of benzene rings is 1. The first-order chi connectivity index (χ1) is 19.7. The third-order valence-corrected chi connectivity index (χ3v) is 10.4. The molecule has 246 valence electrons. The van der Waals surface area contributed by atoms with Gasteiger partial charge in [0.05, 0.1) is 6.10 Å². The SMILES string of the molecule is CN(CCCCC[C@@H]1Cc2cc(O)ccc2[C@@H]2[C@@H]1[C@@H]1CC[C@H](O)[C@@]1(C)C[C@@H]2F)CCC(F)(F)C(F)(F)C(F)(F)C(F)(F)F. The summed E-state index contributed by atoms with van der Waals surface area (Å²) in [5.41, 5.74) is 1.26. The minimum atomic E-state index is -6.88. The molecule has 0 radical (unpaired) electrons. The van der Waals surface area contributed by atoms with E-state index >= 15 is 4.39 Å². The predicted octanol–water partition coefficient (Wildman–Crippen LogP) is 8.13. The Bertz CT molecular complexity index is 1130. The number of rotatable bonds is 11. The molecule has 0 spiro atoms. The highest BCUT2D eigenvalue weighted by molar-refractivity contribution is 5.41. The molecule has 0 unspecified atom stereocenters. The van der Waals surface area contributed by atoms with Crippen LogP contribution in [0, 0.1) is 23.2 Å². The second-order valence-corrected chi connectivity index (χ2v) is 13.1. The zero-order chi connectivity index (χ0) is 32.2. The average molecular weight is 636 g/mol. The highest BCUT2D eigenvalue weighted by atomic mass is 19.4. The maximum atomic E-state index is 15.8. The fourth-order valence-corrected chi connectivity index (χ4v) is 8.01. The normalized spacial score (nSPS) is 31.6. The first kappa shape index (κ1) is 34.1. The average Bonchev–Trinajstić information content (AvgIpc) is 3.19. The number of fused-ring (bicyclic) bond motifs is 5. The van der Waals surface area contributed by atoms with Crippen LogP contribution in [0.15, 0.2) is 18.2 Å². The molecule has 2 fully saturated rings. The van der Waals surface area contributed by atoms with Crippen LogP contribution in [0.4, 0.5) is 43.9 Å². The molecular weight excluding hydrogens is 596 g/mol. The van der Waals surface area contributed by atoms with Gasteiger partial charge in [-0.05, 0) is 98.5 Å². The predicted molar refractivity (Wildman–Crippen MR) is 139 cm³/mol. The number of hydrogen-bond donors (Lipinski definition) is 2. The van der Waals surface area contributed by atoms with Gasteiger partial charge in [0.25, 0.3) is 0 Å². The zero-order valence-electron chi connectivity index (χ0n) is 24.1. The molecule has 0 aromatic heterocycles. The molecular formula is C30H39F10NO2. The van der Waals surface area contributed by atoms with Crippen molar-refractivity contribution < 1.29 is 54.1 Å². The molecule has 0 heterocycles. The third-order valence-electron chi connectivity index (χ3n) is 10.4. The first-order valence-electron chi connectivity index (χ1n) is 14.8. The van der Waals surface area contributed by atoms with E-state index in [4.69, 9.17) is 0 Å². The largest absolute Gasteiger partial charge is 0.508 e. The summed E-state index contributed by atoms with van der Waals surface area (Å²) >= 11 is 0. The van der Waals surface area contributed by atoms with Crippen molar-refractivity contribution >= 4 is 0 Å². The lowest BCUT2D eigenvalue weighted by atomic mass is 9.51. The Hall–Kier alpha value is -1.76. The summed E-state index contributed by atoms with van der Waals surface area (Å²) in [6.45, 7) is 1.27. The fourth-order valence-electron chi connectivity index (χ4n) is 8.01. The molecule has 3 nitrogen and oxygen atoms in total. The number of aliphatic hydroxyl groups is 1. The summed E-state index contributed by atoms with van der Waals surface area (Å²) in [7, 11) is 1.29. The minimum Gasteiger partial charge on any atom is -0.508 e. The third kappa shape index (κ3) is 6.10. The van der Waals surface area contributed by atoms with Crippen molar-refractivity contribution in [3.8, 4) is 5.75 Å². The summed E-state index contributed by atoms with van der Waals surface area (Å²) in [4.78, 5) is 1.19. The Kier molecular flexibility index (Phi) is 9.42. The number of phenols is 1. The summed E-state index contributed by atoms with van der Waals surface area (Å²) in [5.74, 6) is -19.1. The summed E-state index contributed by atoms with van der Waals surface area (Å²) in [6, 6.07) is 5.02. The van der Waals surface area contributed by atoms with Gasteiger partial charge in [-0.1, -0.05) is 25.8 Å². The second kappa shape index (κ2) is 11.9. The van der Waals surface area contributed by atoms with Gasteiger partial charge >= 0.3 is 23.9 Å². The van der Waals surface area contributed by atoms with Crippen LogP contribution < -0.4 is 0 Å². The van der Waals surface area contributed by atoms with Crippen molar-refractivity contribution in [1.29, 1.82) is 0 Å². The lowest BCUT2D eigenvalue weighted by Crippen LogP contribution is -2.61. The highest BCUT2D eigenvalue weighted by Gasteiger charge is 2.81. The molecule has 7 atom stereocenters. The van der Waals surface area contributed by atoms with E-state index in [2.05, 4.69) is 0 Å². The van der Waals surface area contributed by atoms with Crippen LogP contribution in [0.3, 0.4) is 0 Å². The van der Waals surface area contributed by atoms with Gasteiger partial charge in [0.1, 0.15) is 11.9 Å². The van der Waals surface area contributed by atoms with Crippen LogP contribution in [0.2, 0.25) is 0 Å². The van der Waals surface area contributed by atoms with Crippen molar-refractivity contribution in [2.24, 2.45) is 23.2 Å². The Morgan fingerprint density at radius 2 is 1.60 bits per heavy atom. The number of unbranched alkanes of at least 4 members (excludes halogenated alkanes) is 2. The number of halogens is 10. The number of phenolic OH excluding ortho intramolecular Hbond substituents is 1. The number of aromatic hydroxyl groups is 1. The number of nitrogens with zero attached hydrogens (tertiary/aromatic N) is 1. The molecule has 13 heteroatoms. The minimum absolute atomic E-state index is 0.00987. The Balaban J connectivity index is 1.33. The maximum absolute atomic E-state index is 15.8. The summed E-state index contributed by atoms with van der Waals surface area (Å²) in [6.07, 6.45) is -5.76. The number of hydrogen-bond acceptors (Lipinski definition) is 3. The molecule has 2 N–H and O–H groups in total. The van der Waals surface area contributed by atoms with Gasteiger partial charge in [-0.15, -0.1) is 0 Å². The standard InChI is InChI=1S/C30H39F10NO2/c1-26-16-22(31)25-20-8-7-19(42)15-18(20)14-17(24(25)21(26)9-10-23(26)43)6-4-3-5-12-41(2)13-11-27(32,33)28(34,35)29(36,37)30(38,39)40/h7-8,15,17,21-25,42-43H,3-6,9-14,16H2,1-2H3/t17-,21+,22+,23+,24+,25+,26+/m1/s1. The van der Waals surface area contributed by atoms with E-state index < -0.39 is 54.6 Å². The van der Waals surface area contributed by atoms with E-state index in [1.807, 2.05) is 6.92 Å². The molecule has 3 aliphatic rings. The number of alkyl halides is 10. The van der Waals surface area contributed by atoms with E-state index in [1.54, 1.807) is 18.2 Å². The summed E-state index contributed by atoms with van der Waals surface area (Å²) < 4.78 is 134. The monoisotopic (exact) mass is 635 g/mol. The van der Waals surface area contributed by atoms with Gasteiger partial charge < -0.3 is 15.1 Å². The van der Waals surface area contributed by atoms with Crippen LogP contribution in [0.25, 0.3) is 0 Å². The zero-order valence-corrected chi connectivity index (χ0v) is 24.1. The van der Waals surface area contributed by atoms with Crippen molar-refractivity contribution in [3.05, 3.63) is 29.3 Å². The molecule has 0 aliphatic heterocycles. The molecule has 1 aromatic rings. The topological polar surface area (TPSA) is 43.7 Å². The van der Waals surface area contributed by atoms with E-state index in [1.165, 1.54) is 11.9 Å². The summed E-state index contributed by atoms with van der Waals surface area (Å²) in [5, 5.41) is 20.8. The van der Waals surface area contributed by atoms with Crippen LogP contribution in [0.1, 0.15) is 75.3 Å². The van der Waals surface area contributed by atoms with E-state index in [9.17, 15) is 49.7 Å². The van der Waals surface area contributed by atoms with Crippen molar-refractivity contribution in [1.82, 2.24) is 4.90 Å². The van der Waals surface area contributed by atoms with Crippen molar-refractivity contribution in [2.45, 2.75) is 107 Å². The Morgan fingerprint density at radius 3 is 2.26 bits per heavy atom. The highest BCUT2D eigenvalue weighted by Crippen LogP contribution is 2.63. The molecule has 43 heavy (non-hydrogen) atoms. The maximum Gasteiger partial charge on any atom is 0.460 e. The number of aliphatic hydroxyl groups excluding tert-OH is 1. The lowest BCUT2D eigenvalue weighted by molar-refractivity contribution is -0.396. The lowest BCUT2D eigenvalue weighted by Gasteiger charge is -2.54. The molecule has 0 saturated heterocycles. The second-order valence-electron chi connectivity index (χ2n) is 13.1. The van der Waals surface area contributed by atoms with Gasteiger partial charge in [-0.2, -0.15) is 39.5 Å². The molecule has 0 amide bonds.